The van der Waals surface area contributed by atoms with Gasteiger partial charge >= 0.3 is 0 Å². The molecule has 1 aromatic carbocycles. The number of nitrogens with zero attached hydrogens (tertiary/aromatic N) is 4. The fourth-order valence-electron chi connectivity index (χ4n) is 4.10. The molecule has 0 unspecified atom stereocenters. The van der Waals surface area contributed by atoms with Crippen LogP contribution >= 0.6 is 0 Å². The topological polar surface area (TPSA) is 33.5 Å². The second-order valence-corrected chi connectivity index (χ2v) is 7.28. The summed E-state index contributed by atoms with van der Waals surface area (Å²) in [7, 11) is 0. The van der Waals surface area contributed by atoms with E-state index in [1.54, 1.807) is 0 Å². The number of morpholine rings is 1. The Balaban J connectivity index is 1.54. The van der Waals surface area contributed by atoms with Crippen LogP contribution < -0.4 is 4.90 Å². The molecule has 1 atom stereocenters. The van der Waals surface area contributed by atoms with E-state index in [2.05, 4.69) is 51.1 Å². The molecule has 2 aliphatic heterocycles. The summed E-state index contributed by atoms with van der Waals surface area (Å²) in [6, 6.07) is 7.21. The van der Waals surface area contributed by atoms with E-state index in [0.29, 0.717) is 6.04 Å². The third-order valence-corrected chi connectivity index (χ3v) is 5.48. The monoisotopic (exact) mass is 352 g/mol. The fourth-order valence-corrected chi connectivity index (χ4v) is 4.10. The van der Waals surface area contributed by atoms with Gasteiger partial charge in [0.25, 0.3) is 0 Å². The van der Waals surface area contributed by atoms with Crippen LogP contribution in [0, 0.1) is 0 Å². The highest BCUT2D eigenvalue weighted by Gasteiger charge is 2.21. The van der Waals surface area contributed by atoms with Gasteiger partial charge < -0.3 is 14.2 Å². The predicted molar refractivity (Wildman–Crippen MR) is 106 cm³/mol. The Kier molecular flexibility index (Phi) is 5.09. The molecule has 2 aliphatic rings. The van der Waals surface area contributed by atoms with Gasteiger partial charge in [-0.05, 0) is 31.0 Å². The predicted octanol–water partition coefficient (Wildman–Crippen LogP) is 2.99. The van der Waals surface area contributed by atoms with Gasteiger partial charge in [-0.15, -0.1) is 6.58 Å². The lowest BCUT2D eigenvalue weighted by Gasteiger charge is -2.30. The molecule has 3 heterocycles. The molecule has 0 amide bonds. The summed E-state index contributed by atoms with van der Waals surface area (Å²) in [5, 5.41) is 0. The lowest BCUT2D eigenvalue weighted by Crippen LogP contribution is -2.39. The smallest absolute Gasteiger partial charge is 0.0953 e. The second kappa shape index (κ2) is 7.64. The number of anilines is 1. The van der Waals surface area contributed by atoms with Crippen molar-refractivity contribution >= 4 is 5.69 Å². The zero-order valence-electron chi connectivity index (χ0n) is 15.6. The molecule has 4 rings (SSSR count). The summed E-state index contributed by atoms with van der Waals surface area (Å²) in [5.74, 6) is 0. The Hall–Kier alpha value is -2.11. The molecule has 5 nitrogen and oxygen atoms in total. The minimum atomic E-state index is 0.385. The molecular weight excluding hydrogens is 324 g/mol. The first-order valence-corrected chi connectivity index (χ1v) is 9.57. The lowest BCUT2D eigenvalue weighted by molar-refractivity contribution is 0.0326. The maximum absolute atomic E-state index is 5.46. The number of rotatable bonds is 6. The van der Waals surface area contributed by atoms with Gasteiger partial charge in [0.15, 0.2) is 0 Å². The molecular formula is C21H28N4O. The van der Waals surface area contributed by atoms with Crippen molar-refractivity contribution in [3.63, 3.8) is 0 Å². The first-order valence-electron chi connectivity index (χ1n) is 9.57. The van der Waals surface area contributed by atoms with Crippen LogP contribution in [0.2, 0.25) is 0 Å². The summed E-state index contributed by atoms with van der Waals surface area (Å²) in [5.41, 5.74) is 5.24. The van der Waals surface area contributed by atoms with E-state index in [-0.39, 0.29) is 0 Å². The maximum Gasteiger partial charge on any atom is 0.0953 e. The Labute approximate surface area is 155 Å². The molecule has 1 saturated heterocycles. The first kappa shape index (κ1) is 17.3. The van der Waals surface area contributed by atoms with Gasteiger partial charge in [-0.25, -0.2) is 4.98 Å². The quantitative estimate of drug-likeness (QED) is 0.749. The minimum Gasteiger partial charge on any atom is -0.379 e. The van der Waals surface area contributed by atoms with Crippen molar-refractivity contribution in [3.8, 4) is 11.3 Å². The largest absolute Gasteiger partial charge is 0.379 e. The zero-order chi connectivity index (χ0) is 17.9. The average Bonchev–Trinajstić information content (AvgIpc) is 3.30. The van der Waals surface area contributed by atoms with E-state index >= 15 is 0 Å². The number of hydrogen-bond donors (Lipinski definition) is 0. The molecule has 0 radical (unpaired) electrons. The number of aromatic nitrogens is 2. The zero-order valence-corrected chi connectivity index (χ0v) is 15.6. The van der Waals surface area contributed by atoms with Crippen LogP contribution in [-0.4, -0.2) is 60.4 Å². The van der Waals surface area contributed by atoms with Crippen molar-refractivity contribution < 1.29 is 4.74 Å². The SMILES string of the molecule is C=CCN1CCc2cc(-c3cncn3[C@H](C)CN3CCOCC3)ccc21. The minimum absolute atomic E-state index is 0.385. The maximum atomic E-state index is 5.46. The lowest BCUT2D eigenvalue weighted by atomic mass is 10.1. The highest BCUT2D eigenvalue weighted by molar-refractivity contribution is 5.68. The van der Waals surface area contributed by atoms with Gasteiger partial charge in [-0.1, -0.05) is 12.1 Å². The van der Waals surface area contributed by atoms with Crippen molar-refractivity contribution in [2.45, 2.75) is 19.4 Å². The van der Waals surface area contributed by atoms with Crippen LogP contribution in [-0.2, 0) is 11.2 Å². The van der Waals surface area contributed by atoms with E-state index in [0.717, 1.165) is 52.4 Å². The standard InChI is InChI=1S/C21H28N4O/c1-3-7-24-8-6-19-13-18(4-5-20(19)24)21-14-22-16-25(21)17(2)15-23-9-11-26-12-10-23/h3-5,13-14,16-17H,1,6-12,15H2,2H3/t17-/m1/s1. The number of hydrogen-bond acceptors (Lipinski definition) is 4. The molecule has 0 spiro atoms. The molecule has 0 bridgehead atoms. The normalized spacial score (nSPS) is 18.7. The summed E-state index contributed by atoms with van der Waals surface area (Å²) in [6.07, 6.45) is 7.05. The van der Waals surface area contributed by atoms with E-state index in [1.165, 1.54) is 22.5 Å². The third-order valence-electron chi connectivity index (χ3n) is 5.48. The number of imidazole rings is 1. The molecule has 5 heteroatoms. The number of ether oxygens (including phenoxy) is 1. The van der Waals surface area contributed by atoms with Crippen LogP contribution in [0.5, 0.6) is 0 Å². The van der Waals surface area contributed by atoms with Gasteiger partial charge in [-0.3, -0.25) is 4.90 Å². The van der Waals surface area contributed by atoms with Crippen LogP contribution in [0.3, 0.4) is 0 Å². The van der Waals surface area contributed by atoms with Crippen molar-refractivity contribution in [1.82, 2.24) is 14.5 Å². The third kappa shape index (κ3) is 3.41. The Bertz CT molecular complexity index is 763. The van der Waals surface area contributed by atoms with E-state index in [9.17, 15) is 0 Å². The molecule has 138 valence electrons. The van der Waals surface area contributed by atoms with Crippen LogP contribution in [0.25, 0.3) is 11.3 Å². The van der Waals surface area contributed by atoms with Crippen molar-refractivity contribution in [3.05, 3.63) is 48.9 Å². The molecule has 26 heavy (non-hydrogen) atoms. The van der Waals surface area contributed by atoms with E-state index < -0.39 is 0 Å². The van der Waals surface area contributed by atoms with Gasteiger partial charge in [0.05, 0.1) is 31.4 Å². The second-order valence-electron chi connectivity index (χ2n) is 7.28. The van der Waals surface area contributed by atoms with Gasteiger partial charge in [0, 0.05) is 50.0 Å². The van der Waals surface area contributed by atoms with Crippen LogP contribution in [0.15, 0.2) is 43.4 Å². The van der Waals surface area contributed by atoms with E-state index in [1.807, 2.05) is 18.6 Å². The summed E-state index contributed by atoms with van der Waals surface area (Å²) < 4.78 is 7.78. The van der Waals surface area contributed by atoms with Crippen LogP contribution in [0.1, 0.15) is 18.5 Å². The van der Waals surface area contributed by atoms with Gasteiger partial charge in [-0.2, -0.15) is 0 Å². The van der Waals surface area contributed by atoms with E-state index in [4.69, 9.17) is 4.74 Å². The Morgan fingerprint density at radius 3 is 2.92 bits per heavy atom. The molecule has 1 aromatic heterocycles. The molecule has 1 fully saturated rings. The molecule has 0 N–H and O–H groups in total. The van der Waals surface area contributed by atoms with Crippen LogP contribution in [0.4, 0.5) is 5.69 Å². The van der Waals surface area contributed by atoms with Crippen molar-refractivity contribution in [1.29, 1.82) is 0 Å². The first-order chi connectivity index (χ1) is 12.8. The Morgan fingerprint density at radius 2 is 2.12 bits per heavy atom. The summed E-state index contributed by atoms with van der Waals surface area (Å²) in [6.45, 7) is 12.9. The van der Waals surface area contributed by atoms with Crippen molar-refractivity contribution in [2.75, 3.05) is 50.8 Å². The molecule has 0 saturated carbocycles. The summed E-state index contributed by atoms with van der Waals surface area (Å²) >= 11 is 0. The number of benzene rings is 1. The highest BCUT2D eigenvalue weighted by atomic mass is 16.5. The van der Waals surface area contributed by atoms with Gasteiger partial charge in [0.1, 0.15) is 0 Å². The van der Waals surface area contributed by atoms with Crippen molar-refractivity contribution in [2.24, 2.45) is 0 Å². The number of fused-ring (bicyclic) bond motifs is 1. The summed E-state index contributed by atoms with van der Waals surface area (Å²) in [4.78, 5) is 9.32. The molecule has 0 aliphatic carbocycles. The molecule has 2 aromatic rings. The Morgan fingerprint density at radius 1 is 1.27 bits per heavy atom. The highest BCUT2D eigenvalue weighted by Crippen LogP contribution is 2.33. The van der Waals surface area contributed by atoms with Gasteiger partial charge in [0.2, 0.25) is 0 Å². The average molecular weight is 352 g/mol. The fraction of sp³-hybridized carbons (Fsp3) is 0.476.